The Balaban J connectivity index is 1.31. The molecule has 1 fully saturated rings. The standard InChI is InChI=1S/C22H24N4O2/c23-21(18-9-5-2-6-10-18)22(27)26-13-11-25(12-14-26)16-20-24-15-19(28-20)17-7-3-1-4-8-17/h1-10,15,21H,11-14,16,23H2. The van der Waals surface area contributed by atoms with Gasteiger partial charge in [0.2, 0.25) is 11.8 Å². The highest BCUT2D eigenvalue weighted by Gasteiger charge is 2.26. The van der Waals surface area contributed by atoms with E-state index in [1.165, 1.54) is 0 Å². The van der Waals surface area contributed by atoms with E-state index in [4.69, 9.17) is 10.2 Å². The van der Waals surface area contributed by atoms with Crippen LogP contribution in [0.4, 0.5) is 0 Å². The molecule has 28 heavy (non-hydrogen) atoms. The van der Waals surface area contributed by atoms with E-state index in [9.17, 15) is 4.79 Å². The molecule has 4 rings (SSSR count). The molecule has 0 radical (unpaired) electrons. The number of nitrogens with zero attached hydrogens (tertiary/aromatic N) is 3. The van der Waals surface area contributed by atoms with Crippen LogP contribution in [0.2, 0.25) is 0 Å². The molecule has 2 aromatic carbocycles. The summed E-state index contributed by atoms with van der Waals surface area (Å²) >= 11 is 0. The van der Waals surface area contributed by atoms with Crippen LogP contribution < -0.4 is 5.73 Å². The molecular formula is C22H24N4O2. The first-order valence-corrected chi connectivity index (χ1v) is 9.52. The minimum absolute atomic E-state index is 0.0201. The summed E-state index contributed by atoms with van der Waals surface area (Å²) in [7, 11) is 0. The lowest BCUT2D eigenvalue weighted by molar-refractivity contribution is -0.134. The Morgan fingerprint density at radius 1 is 1.00 bits per heavy atom. The Morgan fingerprint density at radius 3 is 2.32 bits per heavy atom. The maximum Gasteiger partial charge on any atom is 0.244 e. The van der Waals surface area contributed by atoms with E-state index in [1.807, 2.05) is 65.6 Å². The van der Waals surface area contributed by atoms with Gasteiger partial charge in [-0.3, -0.25) is 9.69 Å². The Bertz CT molecular complexity index is 903. The topological polar surface area (TPSA) is 75.6 Å². The molecule has 0 saturated carbocycles. The maximum atomic E-state index is 12.7. The van der Waals surface area contributed by atoms with Crippen molar-refractivity contribution in [2.45, 2.75) is 12.6 Å². The van der Waals surface area contributed by atoms with Crippen molar-refractivity contribution in [3.05, 3.63) is 78.3 Å². The van der Waals surface area contributed by atoms with E-state index in [-0.39, 0.29) is 5.91 Å². The molecule has 1 saturated heterocycles. The number of benzene rings is 2. The second kappa shape index (κ2) is 8.37. The molecule has 1 unspecified atom stereocenters. The first kappa shape index (κ1) is 18.4. The minimum Gasteiger partial charge on any atom is -0.439 e. The van der Waals surface area contributed by atoms with Crippen LogP contribution in [0.15, 0.2) is 71.3 Å². The zero-order valence-electron chi connectivity index (χ0n) is 15.7. The van der Waals surface area contributed by atoms with Gasteiger partial charge in [-0.05, 0) is 5.56 Å². The fraction of sp³-hybridized carbons (Fsp3) is 0.273. The molecule has 144 valence electrons. The van der Waals surface area contributed by atoms with Gasteiger partial charge in [0.15, 0.2) is 5.76 Å². The second-order valence-electron chi connectivity index (χ2n) is 6.97. The Kier molecular flexibility index (Phi) is 5.50. The minimum atomic E-state index is -0.604. The lowest BCUT2D eigenvalue weighted by atomic mass is 10.1. The maximum absolute atomic E-state index is 12.7. The van der Waals surface area contributed by atoms with E-state index < -0.39 is 6.04 Å². The number of carbonyl (C=O) groups is 1. The zero-order valence-corrected chi connectivity index (χ0v) is 15.7. The number of amides is 1. The number of hydrogen-bond acceptors (Lipinski definition) is 5. The van der Waals surface area contributed by atoms with Crippen molar-refractivity contribution >= 4 is 5.91 Å². The highest BCUT2D eigenvalue weighted by atomic mass is 16.4. The van der Waals surface area contributed by atoms with Gasteiger partial charge in [-0.15, -0.1) is 0 Å². The molecule has 0 bridgehead atoms. The van der Waals surface area contributed by atoms with Crippen LogP contribution in [-0.2, 0) is 11.3 Å². The summed E-state index contributed by atoms with van der Waals surface area (Å²) in [5, 5.41) is 0. The van der Waals surface area contributed by atoms with Crippen molar-refractivity contribution in [3.8, 4) is 11.3 Å². The van der Waals surface area contributed by atoms with Crippen molar-refractivity contribution in [1.82, 2.24) is 14.8 Å². The first-order valence-electron chi connectivity index (χ1n) is 9.52. The van der Waals surface area contributed by atoms with Gasteiger partial charge in [0.25, 0.3) is 0 Å². The zero-order chi connectivity index (χ0) is 19.3. The number of piperazine rings is 1. The van der Waals surface area contributed by atoms with Gasteiger partial charge in [0.1, 0.15) is 6.04 Å². The van der Waals surface area contributed by atoms with E-state index >= 15 is 0 Å². The normalized spacial score (nSPS) is 16.1. The molecule has 1 aliphatic rings. The van der Waals surface area contributed by atoms with Gasteiger partial charge < -0.3 is 15.1 Å². The number of rotatable bonds is 5. The van der Waals surface area contributed by atoms with Crippen LogP contribution in [0.25, 0.3) is 11.3 Å². The molecule has 2 N–H and O–H groups in total. The van der Waals surface area contributed by atoms with E-state index in [0.717, 1.165) is 30.0 Å². The van der Waals surface area contributed by atoms with Gasteiger partial charge in [-0.25, -0.2) is 4.98 Å². The Labute approximate surface area is 164 Å². The third-order valence-corrected chi connectivity index (χ3v) is 5.08. The number of carbonyl (C=O) groups excluding carboxylic acids is 1. The molecular weight excluding hydrogens is 352 g/mol. The van der Waals surface area contributed by atoms with Gasteiger partial charge >= 0.3 is 0 Å². The fourth-order valence-corrected chi connectivity index (χ4v) is 3.44. The van der Waals surface area contributed by atoms with Crippen LogP contribution in [-0.4, -0.2) is 46.9 Å². The largest absolute Gasteiger partial charge is 0.439 e. The molecule has 0 aliphatic carbocycles. The quantitative estimate of drug-likeness (QED) is 0.741. The number of hydrogen-bond donors (Lipinski definition) is 1. The molecule has 0 spiro atoms. The monoisotopic (exact) mass is 376 g/mol. The average Bonchev–Trinajstić information content (AvgIpc) is 3.23. The summed E-state index contributed by atoms with van der Waals surface area (Å²) < 4.78 is 5.89. The van der Waals surface area contributed by atoms with E-state index in [2.05, 4.69) is 9.88 Å². The predicted molar refractivity (Wildman–Crippen MR) is 107 cm³/mol. The SMILES string of the molecule is NC(C(=O)N1CCN(Cc2ncc(-c3ccccc3)o2)CC1)c1ccccc1. The molecule has 2 heterocycles. The average molecular weight is 376 g/mol. The van der Waals surface area contributed by atoms with Crippen LogP contribution in [0.5, 0.6) is 0 Å². The predicted octanol–water partition coefficient (Wildman–Crippen LogP) is 2.69. The fourth-order valence-electron chi connectivity index (χ4n) is 3.44. The third-order valence-electron chi connectivity index (χ3n) is 5.08. The second-order valence-corrected chi connectivity index (χ2v) is 6.97. The van der Waals surface area contributed by atoms with Crippen molar-refractivity contribution in [3.63, 3.8) is 0 Å². The lowest BCUT2D eigenvalue weighted by Gasteiger charge is -2.35. The molecule has 1 atom stereocenters. The van der Waals surface area contributed by atoms with Crippen molar-refractivity contribution in [1.29, 1.82) is 0 Å². The summed E-state index contributed by atoms with van der Waals surface area (Å²) in [4.78, 5) is 21.2. The number of nitrogens with two attached hydrogens (primary N) is 1. The molecule has 6 heteroatoms. The summed E-state index contributed by atoms with van der Waals surface area (Å²) in [5.41, 5.74) is 8.03. The van der Waals surface area contributed by atoms with Gasteiger partial charge in [0.05, 0.1) is 12.7 Å². The third kappa shape index (κ3) is 4.13. The van der Waals surface area contributed by atoms with Gasteiger partial charge in [0, 0.05) is 31.7 Å². The van der Waals surface area contributed by atoms with Crippen LogP contribution in [0.3, 0.4) is 0 Å². The van der Waals surface area contributed by atoms with Crippen molar-refractivity contribution < 1.29 is 9.21 Å². The van der Waals surface area contributed by atoms with Crippen LogP contribution >= 0.6 is 0 Å². The van der Waals surface area contributed by atoms with Gasteiger partial charge in [-0.1, -0.05) is 60.7 Å². The summed E-state index contributed by atoms with van der Waals surface area (Å²) in [6, 6.07) is 18.9. The van der Waals surface area contributed by atoms with Gasteiger partial charge in [-0.2, -0.15) is 0 Å². The lowest BCUT2D eigenvalue weighted by Crippen LogP contribution is -2.50. The van der Waals surface area contributed by atoms with E-state index in [0.29, 0.717) is 25.5 Å². The summed E-state index contributed by atoms with van der Waals surface area (Å²) in [6.07, 6.45) is 1.77. The Morgan fingerprint density at radius 2 is 1.64 bits per heavy atom. The van der Waals surface area contributed by atoms with E-state index in [1.54, 1.807) is 6.20 Å². The van der Waals surface area contributed by atoms with Crippen LogP contribution in [0.1, 0.15) is 17.5 Å². The molecule has 3 aromatic rings. The molecule has 1 amide bonds. The van der Waals surface area contributed by atoms with Crippen molar-refractivity contribution in [2.24, 2.45) is 5.73 Å². The number of oxazole rings is 1. The molecule has 1 aromatic heterocycles. The highest BCUT2D eigenvalue weighted by Crippen LogP contribution is 2.21. The molecule has 6 nitrogen and oxygen atoms in total. The van der Waals surface area contributed by atoms with Crippen LogP contribution in [0, 0.1) is 0 Å². The smallest absolute Gasteiger partial charge is 0.244 e. The molecule has 1 aliphatic heterocycles. The first-order chi connectivity index (χ1) is 13.7. The Hall–Kier alpha value is -2.96. The summed E-state index contributed by atoms with van der Waals surface area (Å²) in [5.74, 6) is 1.45. The number of aromatic nitrogens is 1. The van der Waals surface area contributed by atoms with Crippen molar-refractivity contribution in [2.75, 3.05) is 26.2 Å². The summed E-state index contributed by atoms with van der Waals surface area (Å²) in [6.45, 7) is 3.50. The highest BCUT2D eigenvalue weighted by molar-refractivity contribution is 5.83.